The van der Waals surface area contributed by atoms with E-state index in [0.717, 1.165) is 4.90 Å². The van der Waals surface area contributed by atoms with Gasteiger partial charge in [0.2, 0.25) is 5.91 Å². The molecule has 0 aromatic carbocycles. The Morgan fingerprint density at radius 3 is 2.60 bits per heavy atom. The molecule has 0 saturated heterocycles. The van der Waals surface area contributed by atoms with E-state index >= 15 is 0 Å². The number of carbonyl (C=O) groups excluding carboxylic acids is 1. The van der Waals surface area contributed by atoms with Gasteiger partial charge in [-0.3, -0.25) is 9.59 Å². The molecule has 0 rings (SSSR count). The molecule has 0 aliphatic heterocycles. The minimum Gasteiger partial charge on any atom is -0.480 e. The molecule has 88 valence electrons. The summed E-state index contributed by atoms with van der Waals surface area (Å²) in [5.41, 5.74) is 5.59. The van der Waals surface area contributed by atoms with Crippen LogP contribution >= 0.6 is 0 Å². The number of hydrogen-bond acceptors (Lipinski definition) is 4. The van der Waals surface area contributed by atoms with Crippen molar-refractivity contribution in [1.82, 2.24) is 4.90 Å². The third-order valence-electron chi connectivity index (χ3n) is 1.93. The summed E-state index contributed by atoms with van der Waals surface area (Å²) in [4.78, 5) is 22.9. The van der Waals surface area contributed by atoms with Crippen LogP contribution in [-0.4, -0.2) is 55.2 Å². The summed E-state index contributed by atoms with van der Waals surface area (Å²) in [6.45, 7) is 0.223. The third-order valence-corrected chi connectivity index (χ3v) is 1.93. The Kier molecular flexibility index (Phi) is 6.64. The van der Waals surface area contributed by atoms with Gasteiger partial charge in [0, 0.05) is 20.8 Å². The molecule has 0 aliphatic rings. The van der Waals surface area contributed by atoms with Crippen LogP contribution in [0.25, 0.3) is 0 Å². The second kappa shape index (κ2) is 7.19. The van der Waals surface area contributed by atoms with Crippen molar-refractivity contribution in [2.24, 2.45) is 5.73 Å². The molecule has 3 N–H and O–H groups in total. The zero-order valence-electron chi connectivity index (χ0n) is 9.10. The zero-order chi connectivity index (χ0) is 11.8. The smallest absolute Gasteiger partial charge is 0.323 e. The summed E-state index contributed by atoms with van der Waals surface area (Å²) in [5.74, 6) is -1.40. The van der Waals surface area contributed by atoms with Crippen LogP contribution in [-0.2, 0) is 14.3 Å². The van der Waals surface area contributed by atoms with Crippen molar-refractivity contribution in [3.8, 4) is 0 Å². The first kappa shape index (κ1) is 13.9. The number of aliphatic carboxylic acids is 1. The molecule has 0 spiro atoms. The highest BCUT2D eigenvalue weighted by molar-refractivity contribution is 5.84. The summed E-state index contributed by atoms with van der Waals surface area (Å²) in [6.07, 6.45) is 1.18. The average Bonchev–Trinajstić information content (AvgIpc) is 2.15. The molecule has 1 atom stereocenters. The van der Waals surface area contributed by atoms with Gasteiger partial charge in [-0.25, -0.2) is 0 Å². The molecule has 1 amide bonds. The number of carbonyl (C=O) groups is 2. The minimum absolute atomic E-state index is 0.323. The predicted octanol–water partition coefficient (Wildman–Crippen LogP) is -0.717. The SMILES string of the molecule is COCCCC(N)C(=O)N(C)CC(=O)O. The van der Waals surface area contributed by atoms with Crippen molar-refractivity contribution in [1.29, 1.82) is 0 Å². The van der Waals surface area contributed by atoms with E-state index < -0.39 is 12.0 Å². The molecule has 0 fully saturated rings. The Labute approximate surface area is 89.0 Å². The topological polar surface area (TPSA) is 92.9 Å². The van der Waals surface area contributed by atoms with Crippen LogP contribution in [0.3, 0.4) is 0 Å². The third kappa shape index (κ3) is 6.03. The van der Waals surface area contributed by atoms with E-state index in [4.69, 9.17) is 15.6 Å². The van der Waals surface area contributed by atoms with Crippen LogP contribution in [0.4, 0.5) is 0 Å². The average molecular weight is 218 g/mol. The Balaban J connectivity index is 3.90. The summed E-state index contributed by atoms with van der Waals surface area (Å²) in [6, 6.07) is -0.649. The first-order valence-corrected chi connectivity index (χ1v) is 4.70. The zero-order valence-corrected chi connectivity index (χ0v) is 9.10. The maximum atomic E-state index is 11.5. The summed E-state index contributed by atoms with van der Waals surface area (Å²) in [7, 11) is 3.00. The molecule has 0 aromatic rings. The fourth-order valence-electron chi connectivity index (χ4n) is 1.13. The fraction of sp³-hybridized carbons (Fsp3) is 0.778. The van der Waals surface area contributed by atoms with Crippen LogP contribution in [0.15, 0.2) is 0 Å². The highest BCUT2D eigenvalue weighted by atomic mass is 16.5. The summed E-state index contributed by atoms with van der Waals surface area (Å²) >= 11 is 0. The van der Waals surface area contributed by atoms with Crippen molar-refractivity contribution in [2.75, 3.05) is 27.3 Å². The van der Waals surface area contributed by atoms with Gasteiger partial charge in [-0.2, -0.15) is 0 Å². The second-order valence-corrected chi connectivity index (χ2v) is 3.33. The van der Waals surface area contributed by atoms with Gasteiger partial charge >= 0.3 is 5.97 Å². The minimum atomic E-state index is -1.05. The maximum Gasteiger partial charge on any atom is 0.323 e. The number of nitrogens with zero attached hydrogens (tertiary/aromatic N) is 1. The normalized spacial score (nSPS) is 12.2. The Hall–Kier alpha value is -1.14. The molecule has 0 bridgehead atoms. The van der Waals surface area contributed by atoms with Crippen LogP contribution in [0.1, 0.15) is 12.8 Å². The lowest BCUT2D eigenvalue weighted by Gasteiger charge is -2.19. The summed E-state index contributed by atoms with van der Waals surface area (Å²) in [5, 5.41) is 8.47. The van der Waals surface area contributed by atoms with E-state index in [1.165, 1.54) is 7.05 Å². The highest BCUT2D eigenvalue weighted by Gasteiger charge is 2.18. The largest absolute Gasteiger partial charge is 0.480 e. The van der Waals surface area contributed by atoms with Gasteiger partial charge in [0.1, 0.15) is 6.54 Å². The molecule has 0 heterocycles. The van der Waals surface area contributed by atoms with Crippen molar-refractivity contribution >= 4 is 11.9 Å². The van der Waals surface area contributed by atoms with Gasteiger partial charge < -0.3 is 20.5 Å². The van der Waals surface area contributed by atoms with E-state index in [-0.39, 0.29) is 12.5 Å². The predicted molar refractivity (Wildman–Crippen MR) is 54.4 cm³/mol. The van der Waals surface area contributed by atoms with E-state index in [1.807, 2.05) is 0 Å². The number of carboxylic acid groups (broad SMARTS) is 1. The molecule has 1 unspecified atom stereocenters. The van der Waals surface area contributed by atoms with Gasteiger partial charge in [-0.15, -0.1) is 0 Å². The number of amides is 1. The number of hydrogen-bond donors (Lipinski definition) is 2. The van der Waals surface area contributed by atoms with Gasteiger partial charge in [0.15, 0.2) is 0 Å². The fourth-order valence-corrected chi connectivity index (χ4v) is 1.13. The van der Waals surface area contributed by atoms with E-state index in [1.54, 1.807) is 7.11 Å². The molecule has 0 saturated carbocycles. The number of methoxy groups -OCH3 is 1. The van der Waals surface area contributed by atoms with Crippen molar-refractivity contribution in [3.05, 3.63) is 0 Å². The molecule has 0 aromatic heterocycles. The molecule has 0 aliphatic carbocycles. The van der Waals surface area contributed by atoms with Crippen LogP contribution in [0.2, 0.25) is 0 Å². The van der Waals surface area contributed by atoms with Gasteiger partial charge in [-0.05, 0) is 12.8 Å². The lowest BCUT2D eigenvalue weighted by Crippen LogP contribution is -2.43. The quantitative estimate of drug-likeness (QED) is 0.550. The van der Waals surface area contributed by atoms with Gasteiger partial charge in [0.05, 0.1) is 6.04 Å². The number of likely N-dealkylation sites (N-methyl/N-ethyl adjacent to an activating group) is 1. The Morgan fingerprint density at radius 1 is 1.53 bits per heavy atom. The Morgan fingerprint density at radius 2 is 2.13 bits per heavy atom. The van der Waals surface area contributed by atoms with Crippen LogP contribution in [0, 0.1) is 0 Å². The molecular weight excluding hydrogens is 200 g/mol. The number of nitrogens with two attached hydrogens (primary N) is 1. The van der Waals surface area contributed by atoms with E-state index in [0.29, 0.717) is 19.4 Å². The van der Waals surface area contributed by atoms with Crippen molar-refractivity contribution in [3.63, 3.8) is 0 Å². The monoisotopic (exact) mass is 218 g/mol. The first-order valence-electron chi connectivity index (χ1n) is 4.70. The second-order valence-electron chi connectivity index (χ2n) is 3.33. The molecule has 15 heavy (non-hydrogen) atoms. The standard InChI is InChI=1S/C9H18N2O4/c1-11(6-8(12)13)9(14)7(10)4-3-5-15-2/h7H,3-6,10H2,1-2H3,(H,12,13). The first-order chi connectivity index (χ1) is 6.99. The van der Waals surface area contributed by atoms with Gasteiger partial charge in [-0.1, -0.05) is 0 Å². The van der Waals surface area contributed by atoms with E-state index in [2.05, 4.69) is 0 Å². The molecule has 6 heteroatoms. The maximum absolute atomic E-state index is 11.5. The molecular formula is C9H18N2O4. The molecule has 6 nitrogen and oxygen atoms in total. The number of rotatable bonds is 7. The number of carboxylic acids is 1. The van der Waals surface area contributed by atoms with Crippen molar-refractivity contribution in [2.45, 2.75) is 18.9 Å². The lowest BCUT2D eigenvalue weighted by molar-refractivity contribution is -0.144. The van der Waals surface area contributed by atoms with Gasteiger partial charge in [0.25, 0.3) is 0 Å². The molecule has 0 radical (unpaired) electrons. The highest BCUT2D eigenvalue weighted by Crippen LogP contribution is 1.99. The lowest BCUT2D eigenvalue weighted by atomic mass is 10.1. The number of ether oxygens (including phenoxy) is 1. The van der Waals surface area contributed by atoms with Crippen LogP contribution in [0.5, 0.6) is 0 Å². The van der Waals surface area contributed by atoms with E-state index in [9.17, 15) is 9.59 Å². The van der Waals surface area contributed by atoms with Crippen LogP contribution < -0.4 is 5.73 Å². The Bertz CT molecular complexity index is 220. The van der Waals surface area contributed by atoms with Crippen molar-refractivity contribution < 1.29 is 19.4 Å². The summed E-state index contributed by atoms with van der Waals surface area (Å²) < 4.78 is 4.82.